The number of aliphatic hydroxyl groups is 1. The number of hydrogen-bond acceptors (Lipinski definition) is 4. The van der Waals surface area contributed by atoms with Gasteiger partial charge < -0.3 is 10.0 Å². The van der Waals surface area contributed by atoms with Crippen LogP contribution in [0.15, 0.2) is 12.1 Å². The van der Waals surface area contributed by atoms with Crippen LogP contribution in [0.1, 0.15) is 35.6 Å². The third kappa shape index (κ3) is 2.32. The molecule has 0 spiro atoms. The molecule has 1 N–H and O–H groups in total. The predicted molar refractivity (Wildman–Crippen MR) is 69.4 cm³/mol. The van der Waals surface area contributed by atoms with E-state index in [-0.39, 0.29) is 11.8 Å². The molecule has 1 aliphatic rings. The molecule has 5 nitrogen and oxygen atoms in total. The molecule has 0 bridgehead atoms. The summed E-state index contributed by atoms with van der Waals surface area (Å²) in [5.41, 5.74) is 0.561. The maximum absolute atomic E-state index is 12.2. The van der Waals surface area contributed by atoms with Crippen LogP contribution in [0.4, 0.5) is 0 Å². The van der Waals surface area contributed by atoms with E-state index in [9.17, 15) is 9.90 Å². The van der Waals surface area contributed by atoms with Crippen LogP contribution < -0.4 is 0 Å². The van der Waals surface area contributed by atoms with Crippen molar-refractivity contribution in [3.63, 3.8) is 0 Å². The van der Waals surface area contributed by atoms with Gasteiger partial charge in [-0.3, -0.25) is 4.79 Å². The number of pyridine rings is 1. The predicted octanol–water partition coefficient (Wildman–Crippen LogP) is 1.10. The molecule has 19 heavy (non-hydrogen) atoms. The van der Waals surface area contributed by atoms with Gasteiger partial charge in [0.25, 0.3) is 5.91 Å². The number of carbonyl (C=O) groups is 1. The van der Waals surface area contributed by atoms with E-state index >= 15 is 0 Å². The molecule has 1 fully saturated rings. The summed E-state index contributed by atoms with van der Waals surface area (Å²) < 4.78 is 0. The van der Waals surface area contributed by atoms with E-state index in [2.05, 4.69) is 4.98 Å². The van der Waals surface area contributed by atoms with Crippen LogP contribution >= 0.6 is 0 Å². The summed E-state index contributed by atoms with van der Waals surface area (Å²) in [6.45, 7) is 6.25. The second-order valence-corrected chi connectivity index (χ2v) is 5.36. The van der Waals surface area contributed by atoms with E-state index in [0.29, 0.717) is 30.0 Å². The molecule has 0 unspecified atom stereocenters. The molecule has 1 amide bonds. The van der Waals surface area contributed by atoms with Crippen LogP contribution in [-0.2, 0) is 0 Å². The highest BCUT2D eigenvalue weighted by molar-refractivity contribution is 5.93. The fraction of sp³-hybridized carbons (Fsp3) is 0.500. The van der Waals surface area contributed by atoms with Gasteiger partial charge in [-0.2, -0.15) is 5.26 Å². The van der Waals surface area contributed by atoms with Crippen molar-refractivity contribution in [3.05, 3.63) is 29.1 Å². The summed E-state index contributed by atoms with van der Waals surface area (Å²) >= 11 is 0. The van der Waals surface area contributed by atoms with Crippen LogP contribution in [0.3, 0.4) is 0 Å². The molecule has 0 radical (unpaired) electrons. The molecule has 0 aliphatic carbocycles. The Morgan fingerprint density at radius 2 is 2.16 bits per heavy atom. The molecule has 5 heteroatoms. The quantitative estimate of drug-likeness (QED) is 0.863. The first-order valence-corrected chi connectivity index (χ1v) is 6.27. The summed E-state index contributed by atoms with van der Waals surface area (Å²) in [5.74, 6) is -0.0786. The van der Waals surface area contributed by atoms with Crippen molar-refractivity contribution in [1.29, 1.82) is 5.26 Å². The van der Waals surface area contributed by atoms with Crippen molar-refractivity contribution in [3.8, 4) is 6.07 Å². The van der Waals surface area contributed by atoms with Crippen molar-refractivity contribution < 1.29 is 9.90 Å². The smallest absolute Gasteiger partial charge is 0.272 e. The van der Waals surface area contributed by atoms with Gasteiger partial charge in [0.2, 0.25) is 0 Å². The average molecular weight is 259 g/mol. The first-order chi connectivity index (χ1) is 8.87. The number of likely N-dealkylation sites (tertiary alicyclic amines) is 1. The normalized spacial score (nSPS) is 16.9. The number of aryl methyl sites for hydroxylation is 1. The number of nitrogens with zero attached hydrogens (tertiary/aromatic N) is 3. The number of amides is 1. The van der Waals surface area contributed by atoms with Crippen LogP contribution in [0.25, 0.3) is 0 Å². The molecule has 2 heterocycles. The van der Waals surface area contributed by atoms with Crippen LogP contribution in [0.2, 0.25) is 0 Å². The Labute approximate surface area is 112 Å². The molecule has 1 aromatic heterocycles. The van der Waals surface area contributed by atoms with Gasteiger partial charge in [-0.15, -0.1) is 0 Å². The van der Waals surface area contributed by atoms with E-state index in [1.807, 2.05) is 19.9 Å². The molecule has 1 saturated heterocycles. The molecule has 1 aromatic rings. The average Bonchev–Trinajstić information content (AvgIpc) is 2.33. The van der Waals surface area contributed by atoms with Gasteiger partial charge in [0.05, 0.1) is 24.3 Å². The minimum atomic E-state index is -0.780. The van der Waals surface area contributed by atoms with Gasteiger partial charge >= 0.3 is 0 Å². The molecule has 0 atom stereocenters. The first-order valence-electron chi connectivity index (χ1n) is 6.27. The summed E-state index contributed by atoms with van der Waals surface area (Å²) in [6, 6.07) is 5.18. The molecule has 0 aromatic carbocycles. The Bertz CT molecular complexity index is 554. The molecule has 1 aliphatic heterocycles. The maximum Gasteiger partial charge on any atom is 0.272 e. The lowest BCUT2D eigenvalue weighted by molar-refractivity contribution is -0.111. The fourth-order valence-electron chi connectivity index (χ4n) is 2.08. The number of hydrogen-bond donors (Lipinski definition) is 1. The number of β-amino-alcohol motifs (C(OH)–C–C–N with tert-alkyl or cyclic N) is 1. The molecule has 2 rings (SSSR count). The number of aromatic nitrogens is 1. The largest absolute Gasteiger partial charge is 0.386 e. The van der Waals surface area contributed by atoms with Crippen LogP contribution in [-0.4, -0.2) is 39.6 Å². The molecular weight excluding hydrogens is 242 g/mol. The minimum absolute atomic E-state index is 0.118. The lowest BCUT2D eigenvalue weighted by Crippen LogP contribution is -2.66. The Balaban J connectivity index is 2.11. The zero-order valence-corrected chi connectivity index (χ0v) is 11.3. The van der Waals surface area contributed by atoms with Gasteiger partial charge in [-0.1, -0.05) is 13.8 Å². The van der Waals surface area contributed by atoms with Gasteiger partial charge in [-0.25, -0.2) is 4.98 Å². The zero-order valence-electron chi connectivity index (χ0n) is 11.3. The molecule has 0 saturated carbocycles. The van der Waals surface area contributed by atoms with Gasteiger partial charge in [0, 0.05) is 0 Å². The van der Waals surface area contributed by atoms with Crippen LogP contribution in [0, 0.1) is 24.2 Å². The monoisotopic (exact) mass is 259 g/mol. The van der Waals surface area contributed by atoms with Crippen molar-refractivity contribution in [2.24, 2.45) is 5.92 Å². The highest BCUT2D eigenvalue weighted by Crippen LogP contribution is 2.29. The Kier molecular flexibility index (Phi) is 3.29. The minimum Gasteiger partial charge on any atom is -0.386 e. The second-order valence-electron chi connectivity index (χ2n) is 5.36. The molecule has 100 valence electrons. The zero-order chi connectivity index (χ0) is 14.2. The molecular formula is C14H17N3O2. The maximum atomic E-state index is 12.2. The van der Waals surface area contributed by atoms with E-state index in [1.165, 1.54) is 0 Å². The van der Waals surface area contributed by atoms with E-state index in [0.717, 1.165) is 0 Å². The Morgan fingerprint density at radius 3 is 2.63 bits per heavy atom. The number of rotatable bonds is 2. The first kappa shape index (κ1) is 13.5. The summed E-state index contributed by atoms with van der Waals surface area (Å²) in [4.78, 5) is 17.9. The Hall–Kier alpha value is -1.93. The topological polar surface area (TPSA) is 77.2 Å². The lowest BCUT2D eigenvalue weighted by atomic mass is 9.83. The van der Waals surface area contributed by atoms with E-state index in [4.69, 9.17) is 5.26 Å². The van der Waals surface area contributed by atoms with E-state index < -0.39 is 5.60 Å². The number of nitriles is 1. The second kappa shape index (κ2) is 4.63. The van der Waals surface area contributed by atoms with Crippen LogP contribution in [0.5, 0.6) is 0 Å². The third-order valence-electron chi connectivity index (χ3n) is 3.72. The van der Waals surface area contributed by atoms with Gasteiger partial charge in [0.15, 0.2) is 0 Å². The standard InChI is InChI=1S/C14H17N3O2/c1-9(2)14(19)7-17(8-14)13(18)12-5-4-11(6-15)10(3)16-12/h4-5,9,19H,7-8H2,1-3H3. The highest BCUT2D eigenvalue weighted by Gasteiger charge is 2.46. The summed E-state index contributed by atoms with van der Waals surface area (Å²) in [5, 5.41) is 19.0. The lowest BCUT2D eigenvalue weighted by Gasteiger charge is -2.48. The van der Waals surface area contributed by atoms with Crippen molar-refractivity contribution in [1.82, 2.24) is 9.88 Å². The summed E-state index contributed by atoms with van der Waals surface area (Å²) in [7, 11) is 0. The van der Waals surface area contributed by atoms with Crippen molar-refractivity contribution in [2.45, 2.75) is 26.4 Å². The van der Waals surface area contributed by atoms with Crippen molar-refractivity contribution in [2.75, 3.05) is 13.1 Å². The highest BCUT2D eigenvalue weighted by atomic mass is 16.3. The fourth-order valence-corrected chi connectivity index (χ4v) is 2.08. The van der Waals surface area contributed by atoms with E-state index in [1.54, 1.807) is 24.0 Å². The SMILES string of the molecule is Cc1nc(C(=O)N2CC(O)(C(C)C)C2)ccc1C#N. The van der Waals surface area contributed by atoms with Gasteiger partial charge in [-0.05, 0) is 25.0 Å². The van der Waals surface area contributed by atoms with Crippen molar-refractivity contribution >= 4 is 5.91 Å². The third-order valence-corrected chi connectivity index (χ3v) is 3.72. The summed E-state index contributed by atoms with van der Waals surface area (Å²) in [6.07, 6.45) is 0. The Morgan fingerprint density at radius 1 is 1.53 bits per heavy atom. The van der Waals surface area contributed by atoms with Gasteiger partial charge in [0.1, 0.15) is 17.4 Å². The number of carbonyl (C=O) groups excluding carboxylic acids is 1.